The average molecular weight is 351 g/mol. The van der Waals surface area contributed by atoms with Gasteiger partial charge in [-0.25, -0.2) is 4.99 Å². The molecule has 0 fully saturated rings. The molecule has 3 aromatic rings. The molecular weight excluding hydrogens is 330 g/mol. The first-order valence-electron chi connectivity index (χ1n) is 8.05. The third-order valence-electron chi connectivity index (χ3n) is 3.69. The van der Waals surface area contributed by atoms with Crippen molar-refractivity contribution in [3.63, 3.8) is 0 Å². The van der Waals surface area contributed by atoms with Crippen LogP contribution in [0.25, 0.3) is 11.3 Å². The minimum atomic E-state index is 0.783. The van der Waals surface area contributed by atoms with Gasteiger partial charge in [0, 0.05) is 37.3 Å². The first kappa shape index (κ1) is 17.2. The summed E-state index contributed by atoms with van der Waals surface area (Å²) in [5.41, 5.74) is 5.10. The van der Waals surface area contributed by atoms with Crippen LogP contribution in [0, 0.1) is 13.8 Å². The van der Waals surface area contributed by atoms with Gasteiger partial charge in [0.05, 0.1) is 17.7 Å². The molecule has 0 bridgehead atoms. The summed E-state index contributed by atoms with van der Waals surface area (Å²) in [7, 11) is 3.91. The van der Waals surface area contributed by atoms with Gasteiger partial charge in [-0.3, -0.25) is 0 Å². The Morgan fingerprint density at radius 1 is 1.04 bits per heavy atom. The summed E-state index contributed by atoms with van der Waals surface area (Å²) < 4.78 is 10.6. The van der Waals surface area contributed by atoms with Crippen LogP contribution < -0.4 is 4.74 Å². The summed E-state index contributed by atoms with van der Waals surface area (Å²) in [6.45, 7) is 4.07. The standard InChI is InChI=1S/C20H21N3OS/c1-14-11-19(15(2)10-17(14)21-13-23(3)4)24-20-12-18(22-25-20)16-8-6-5-7-9-16/h5-13H,1-4H3. The number of aryl methyl sites for hydroxylation is 2. The highest BCUT2D eigenvalue weighted by molar-refractivity contribution is 7.08. The van der Waals surface area contributed by atoms with Gasteiger partial charge in [-0.15, -0.1) is 0 Å². The van der Waals surface area contributed by atoms with E-state index in [0.29, 0.717) is 0 Å². The van der Waals surface area contributed by atoms with Crippen molar-refractivity contribution in [3.8, 4) is 22.1 Å². The van der Waals surface area contributed by atoms with Gasteiger partial charge in [-0.05, 0) is 37.1 Å². The second-order valence-electron chi connectivity index (χ2n) is 6.11. The van der Waals surface area contributed by atoms with E-state index < -0.39 is 0 Å². The van der Waals surface area contributed by atoms with Crippen molar-refractivity contribution >= 4 is 23.6 Å². The van der Waals surface area contributed by atoms with Crippen molar-refractivity contribution in [2.75, 3.05) is 14.1 Å². The highest BCUT2D eigenvalue weighted by Crippen LogP contribution is 2.35. The van der Waals surface area contributed by atoms with Crippen molar-refractivity contribution in [2.45, 2.75) is 13.8 Å². The molecule has 0 N–H and O–H groups in total. The van der Waals surface area contributed by atoms with Crippen LogP contribution >= 0.6 is 11.5 Å². The summed E-state index contributed by atoms with van der Waals surface area (Å²) >= 11 is 1.36. The van der Waals surface area contributed by atoms with Crippen LogP contribution in [-0.4, -0.2) is 29.7 Å². The Morgan fingerprint density at radius 2 is 1.80 bits per heavy atom. The van der Waals surface area contributed by atoms with Crippen LogP contribution in [0.2, 0.25) is 0 Å². The van der Waals surface area contributed by atoms with Gasteiger partial charge in [0.2, 0.25) is 5.06 Å². The van der Waals surface area contributed by atoms with Gasteiger partial charge < -0.3 is 9.64 Å². The summed E-state index contributed by atoms with van der Waals surface area (Å²) in [6.07, 6.45) is 1.80. The molecule has 0 saturated heterocycles. The predicted octanol–water partition coefficient (Wildman–Crippen LogP) is 5.44. The molecule has 128 valence electrons. The van der Waals surface area contributed by atoms with E-state index in [-0.39, 0.29) is 0 Å². The lowest BCUT2D eigenvalue weighted by molar-refractivity contribution is 0.492. The summed E-state index contributed by atoms with van der Waals surface area (Å²) in [5.74, 6) is 0.838. The fraction of sp³-hybridized carbons (Fsp3) is 0.200. The molecule has 0 aliphatic heterocycles. The lowest BCUT2D eigenvalue weighted by Gasteiger charge is -2.10. The highest BCUT2D eigenvalue weighted by atomic mass is 32.1. The van der Waals surface area contributed by atoms with E-state index in [1.807, 2.05) is 81.4 Å². The number of hydrogen-bond donors (Lipinski definition) is 0. The minimum Gasteiger partial charge on any atom is -0.445 e. The third-order valence-corrected chi connectivity index (χ3v) is 4.36. The molecule has 1 heterocycles. The lowest BCUT2D eigenvalue weighted by Crippen LogP contribution is -2.07. The van der Waals surface area contributed by atoms with Crippen LogP contribution in [0.4, 0.5) is 5.69 Å². The Labute approximate surface area is 152 Å². The molecule has 0 aliphatic rings. The van der Waals surface area contributed by atoms with Crippen molar-refractivity contribution in [2.24, 2.45) is 4.99 Å². The van der Waals surface area contributed by atoms with Gasteiger partial charge in [-0.1, -0.05) is 30.3 Å². The second kappa shape index (κ2) is 7.49. The average Bonchev–Trinajstić information content (AvgIpc) is 3.06. The second-order valence-corrected chi connectivity index (χ2v) is 6.88. The summed E-state index contributed by atoms with van der Waals surface area (Å²) in [4.78, 5) is 6.41. The van der Waals surface area contributed by atoms with E-state index in [0.717, 1.165) is 38.9 Å². The molecule has 3 rings (SSSR count). The van der Waals surface area contributed by atoms with E-state index in [2.05, 4.69) is 9.37 Å². The molecule has 0 amide bonds. The van der Waals surface area contributed by atoms with Crippen molar-refractivity contribution in [3.05, 3.63) is 59.7 Å². The predicted molar refractivity (Wildman–Crippen MR) is 105 cm³/mol. The number of hydrogen-bond acceptors (Lipinski definition) is 4. The molecule has 0 spiro atoms. The number of benzene rings is 2. The first-order valence-corrected chi connectivity index (χ1v) is 8.82. The maximum atomic E-state index is 6.07. The van der Waals surface area contributed by atoms with Crippen molar-refractivity contribution in [1.82, 2.24) is 9.27 Å². The lowest BCUT2D eigenvalue weighted by atomic mass is 10.1. The van der Waals surface area contributed by atoms with Crippen LogP contribution in [0.15, 0.2) is 53.5 Å². The Kier molecular flexibility index (Phi) is 5.14. The largest absolute Gasteiger partial charge is 0.445 e. The maximum absolute atomic E-state index is 6.07. The van der Waals surface area contributed by atoms with E-state index in [1.54, 1.807) is 6.34 Å². The Morgan fingerprint density at radius 3 is 2.52 bits per heavy atom. The summed E-state index contributed by atoms with van der Waals surface area (Å²) in [5, 5.41) is 0.783. The van der Waals surface area contributed by atoms with E-state index in [4.69, 9.17) is 4.74 Å². The molecule has 1 aromatic heterocycles. The van der Waals surface area contributed by atoms with Crippen LogP contribution in [0.1, 0.15) is 11.1 Å². The number of aromatic nitrogens is 1. The quantitative estimate of drug-likeness (QED) is 0.454. The Balaban J connectivity index is 1.82. The van der Waals surface area contributed by atoms with Gasteiger partial charge >= 0.3 is 0 Å². The van der Waals surface area contributed by atoms with E-state index in [1.165, 1.54) is 11.5 Å². The van der Waals surface area contributed by atoms with E-state index >= 15 is 0 Å². The number of aliphatic imine (C=N–C) groups is 1. The van der Waals surface area contributed by atoms with E-state index in [9.17, 15) is 0 Å². The highest BCUT2D eigenvalue weighted by Gasteiger charge is 2.10. The molecule has 5 heteroatoms. The molecule has 25 heavy (non-hydrogen) atoms. The zero-order valence-electron chi connectivity index (χ0n) is 14.9. The zero-order valence-corrected chi connectivity index (χ0v) is 15.7. The zero-order chi connectivity index (χ0) is 17.8. The summed E-state index contributed by atoms with van der Waals surface area (Å²) in [6, 6.07) is 16.2. The Bertz CT molecular complexity index is 885. The molecule has 0 aliphatic carbocycles. The monoisotopic (exact) mass is 351 g/mol. The maximum Gasteiger partial charge on any atom is 0.200 e. The van der Waals surface area contributed by atoms with Crippen molar-refractivity contribution < 1.29 is 4.74 Å². The molecule has 0 saturated carbocycles. The molecular formula is C20H21N3OS. The van der Waals surface area contributed by atoms with Crippen LogP contribution in [0.3, 0.4) is 0 Å². The molecule has 2 aromatic carbocycles. The van der Waals surface area contributed by atoms with Gasteiger partial charge in [0.25, 0.3) is 0 Å². The fourth-order valence-electron chi connectivity index (χ4n) is 2.36. The number of nitrogens with zero attached hydrogens (tertiary/aromatic N) is 3. The topological polar surface area (TPSA) is 37.7 Å². The SMILES string of the molecule is Cc1cc(Oc2cc(-c3ccccc3)ns2)c(C)cc1N=CN(C)C. The Hall–Kier alpha value is -2.66. The van der Waals surface area contributed by atoms with Crippen molar-refractivity contribution in [1.29, 1.82) is 0 Å². The number of rotatable bonds is 5. The normalized spacial score (nSPS) is 11.0. The molecule has 0 unspecified atom stereocenters. The number of ether oxygens (including phenoxy) is 1. The third kappa shape index (κ3) is 4.25. The van der Waals surface area contributed by atoms with Gasteiger partial charge in [0.1, 0.15) is 5.75 Å². The minimum absolute atomic E-state index is 0.783. The molecule has 0 atom stereocenters. The van der Waals surface area contributed by atoms with Crippen LogP contribution in [0.5, 0.6) is 10.8 Å². The van der Waals surface area contributed by atoms with Crippen LogP contribution in [-0.2, 0) is 0 Å². The van der Waals surface area contributed by atoms with Gasteiger partial charge in [-0.2, -0.15) is 4.37 Å². The fourth-order valence-corrected chi connectivity index (χ4v) is 3.00. The molecule has 4 nitrogen and oxygen atoms in total. The smallest absolute Gasteiger partial charge is 0.200 e. The first-order chi connectivity index (χ1) is 12.0. The van der Waals surface area contributed by atoms with Gasteiger partial charge in [0.15, 0.2) is 0 Å². The molecule has 0 radical (unpaired) electrons.